The van der Waals surface area contributed by atoms with Crippen LogP contribution in [0.2, 0.25) is 0 Å². The molecule has 0 bridgehead atoms. The fourth-order valence-corrected chi connectivity index (χ4v) is 13.1. The number of hydrogen-bond donors (Lipinski definition) is 0. The first-order valence-electron chi connectivity index (χ1n) is 20.1. The van der Waals surface area contributed by atoms with Crippen molar-refractivity contribution in [3.63, 3.8) is 0 Å². The quantitative estimate of drug-likeness (QED) is 0.121. The molecule has 0 aromatic rings. The van der Waals surface area contributed by atoms with E-state index in [2.05, 4.69) is 20.8 Å². The molecule has 4 heteroatoms. The largest absolute Gasteiger partial charge is 0.906 e. The van der Waals surface area contributed by atoms with Gasteiger partial charge in [-0.1, -0.05) is 97.8 Å². The summed E-state index contributed by atoms with van der Waals surface area (Å²) in [5.41, 5.74) is 0.0680. The van der Waals surface area contributed by atoms with Gasteiger partial charge in [0.1, 0.15) is 0 Å². The van der Waals surface area contributed by atoms with Crippen LogP contribution in [0.5, 0.6) is 0 Å². The molecule has 0 radical (unpaired) electrons. The first-order valence-corrected chi connectivity index (χ1v) is 21.5. The van der Waals surface area contributed by atoms with Crippen molar-refractivity contribution >= 4 is 15.1 Å². The molecular formula is C39H69AlO3. The average molecular weight is 613 g/mol. The summed E-state index contributed by atoms with van der Waals surface area (Å²) in [5.74, 6) is 4.42. The van der Waals surface area contributed by atoms with Gasteiger partial charge in [-0.3, -0.25) is 0 Å². The Morgan fingerprint density at radius 1 is 0.395 bits per heavy atom. The van der Waals surface area contributed by atoms with Crippen molar-refractivity contribution in [2.75, 3.05) is 0 Å². The second-order valence-corrected chi connectivity index (χ2v) is 17.9. The summed E-state index contributed by atoms with van der Waals surface area (Å²) in [4.78, 5) is 0. The Balaban J connectivity index is 1.38. The van der Waals surface area contributed by atoms with Crippen molar-refractivity contribution < 1.29 is 11.4 Å². The molecule has 0 aromatic heterocycles. The van der Waals surface area contributed by atoms with Crippen molar-refractivity contribution in [1.82, 2.24) is 0 Å². The maximum atomic E-state index is 7.99. The van der Waals surface area contributed by atoms with E-state index in [9.17, 15) is 0 Å². The first kappa shape index (κ1) is 33.3. The molecule has 43 heavy (non-hydrogen) atoms. The van der Waals surface area contributed by atoms with Gasteiger partial charge in [-0.25, -0.2) is 0 Å². The Kier molecular flexibility index (Phi) is 11.7. The van der Waals surface area contributed by atoms with Crippen LogP contribution in [0.3, 0.4) is 0 Å². The van der Waals surface area contributed by atoms with Crippen molar-refractivity contribution in [3.05, 3.63) is 0 Å². The van der Waals surface area contributed by atoms with E-state index in [1.54, 1.807) is 0 Å². The third-order valence-electron chi connectivity index (χ3n) is 14.5. The predicted octanol–water partition coefficient (Wildman–Crippen LogP) is 11.6. The maximum Gasteiger partial charge on any atom is 0.906 e. The third-order valence-corrected chi connectivity index (χ3v) is 16.4. The highest BCUT2D eigenvalue weighted by Crippen LogP contribution is 2.57. The van der Waals surface area contributed by atoms with E-state index in [0.717, 1.165) is 35.5 Å². The van der Waals surface area contributed by atoms with Crippen LogP contribution in [0.15, 0.2) is 0 Å². The molecular weight excluding hydrogens is 543 g/mol. The van der Waals surface area contributed by atoms with Crippen molar-refractivity contribution in [2.24, 2.45) is 35.5 Å². The van der Waals surface area contributed by atoms with Gasteiger partial charge in [-0.15, -0.1) is 0 Å². The molecule has 0 N–H and O–H groups in total. The van der Waals surface area contributed by atoms with E-state index >= 15 is 0 Å². The first-order chi connectivity index (χ1) is 21.1. The Morgan fingerprint density at radius 3 is 0.744 bits per heavy atom. The van der Waals surface area contributed by atoms with Crippen molar-refractivity contribution in [1.29, 1.82) is 0 Å². The number of unbranched alkanes of at least 4 members (excludes halogenated alkanes) is 3. The van der Waals surface area contributed by atoms with Crippen LogP contribution in [0, 0.1) is 35.5 Å². The highest BCUT2D eigenvalue weighted by atomic mass is 27.3. The second kappa shape index (κ2) is 15.1. The van der Waals surface area contributed by atoms with Gasteiger partial charge in [-0.2, -0.15) is 0 Å². The molecule has 0 aromatic carbocycles. The van der Waals surface area contributed by atoms with E-state index in [0.29, 0.717) is 0 Å². The summed E-state index contributed by atoms with van der Waals surface area (Å²) in [6.07, 6.45) is 36.4. The second-order valence-electron chi connectivity index (χ2n) is 16.6. The smallest absolute Gasteiger partial charge is 0.449 e. The highest BCUT2D eigenvalue weighted by Gasteiger charge is 2.62. The van der Waals surface area contributed by atoms with Crippen LogP contribution in [0.1, 0.15) is 194 Å². The normalized spacial score (nSPS) is 24.9. The SMILES string of the molecule is CCCCC([O][Al]([O]C(CCCC)(C1CCC1)C1CCC1)[O]C(CCCC)(C1CCC1)C1CCC1)(C1CCC1)C1CCC1. The van der Waals surface area contributed by atoms with E-state index in [-0.39, 0.29) is 16.8 Å². The van der Waals surface area contributed by atoms with Crippen LogP contribution in [0.25, 0.3) is 0 Å². The summed E-state index contributed by atoms with van der Waals surface area (Å²) < 4.78 is 24.0. The Labute approximate surface area is 272 Å². The molecule has 6 rings (SSSR count). The average Bonchev–Trinajstić information content (AvgIpc) is 2.78. The van der Waals surface area contributed by atoms with Crippen LogP contribution in [0.4, 0.5) is 0 Å². The zero-order chi connectivity index (χ0) is 29.8. The minimum atomic E-state index is -2.45. The van der Waals surface area contributed by atoms with Crippen molar-refractivity contribution in [3.8, 4) is 0 Å². The summed E-state index contributed by atoms with van der Waals surface area (Å²) in [7, 11) is 0. The molecule has 3 nitrogen and oxygen atoms in total. The topological polar surface area (TPSA) is 27.7 Å². The fourth-order valence-electron chi connectivity index (χ4n) is 10.3. The summed E-state index contributed by atoms with van der Waals surface area (Å²) >= 11 is -2.45. The van der Waals surface area contributed by atoms with Crippen molar-refractivity contribution in [2.45, 2.75) is 211 Å². The van der Waals surface area contributed by atoms with Gasteiger partial charge < -0.3 is 11.4 Å². The molecule has 0 unspecified atom stereocenters. The molecule has 0 heterocycles. The molecule has 0 aliphatic heterocycles. The van der Waals surface area contributed by atoms with Gasteiger partial charge in [0.25, 0.3) is 0 Å². The molecule has 246 valence electrons. The van der Waals surface area contributed by atoms with E-state index in [1.165, 1.54) is 173 Å². The lowest BCUT2D eigenvalue weighted by Gasteiger charge is -2.59. The van der Waals surface area contributed by atoms with Crippen LogP contribution in [-0.2, 0) is 11.4 Å². The molecule has 0 amide bonds. The molecule has 0 spiro atoms. The molecule has 6 aliphatic carbocycles. The summed E-state index contributed by atoms with van der Waals surface area (Å²) in [5, 5.41) is 0. The third kappa shape index (κ3) is 6.60. The zero-order valence-corrected chi connectivity index (χ0v) is 30.0. The van der Waals surface area contributed by atoms with Crippen LogP contribution in [-0.4, -0.2) is 32.0 Å². The highest BCUT2D eigenvalue weighted by molar-refractivity contribution is 6.37. The van der Waals surface area contributed by atoms with Gasteiger partial charge in [0.2, 0.25) is 0 Å². The van der Waals surface area contributed by atoms with E-state index in [1.807, 2.05) is 0 Å². The maximum absolute atomic E-state index is 7.99. The fraction of sp³-hybridized carbons (Fsp3) is 1.00. The Morgan fingerprint density at radius 2 is 0.605 bits per heavy atom. The molecule has 6 fully saturated rings. The van der Waals surface area contributed by atoms with E-state index < -0.39 is 15.1 Å². The van der Waals surface area contributed by atoms with Gasteiger partial charge in [0.15, 0.2) is 0 Å². The molecule has 0 atom stereocenters. The number of rotatable bonds is 21. The summed E-state index contributed by atoms with van der Waals surface area (Å²) in [6, 6.07) is 0. The lowest BCUT2D eigenvalue weighted by atomic mass is 9.60. The Bertz CT molecular complexity index is 684. The molecule has 6 aliphatic rings. The minimum Gasteiger partial charge on any atom is -0.449 e. The van der Waals surface area contributed by atoms with E-state index in [4.69, 9.17) is 11.4 Å². The standard InChI is InChI=1S/3C13H23O.Al/c3*1-2-3-10-13(14,11-6-4-7-11)12-8-5-9-12;/h3*11-12H,2-10H2,1H3;/q3*-1;+3. The molecule has 0 saturated heterocycles. The predicted molar refractivity (Wildman–Crippen MR) is 180 cm³/mol. The lowest BCUT2D eigenvalue weighted by molar-refractivity contribution is -0.205. The summed E-state index contributed by atoms with van der Waals surface area (Å²) in [6.45, 7) is 7.17. The lowest BCUT2D eigenvalue weighted by Crippen LogP contribution is -2.64. The van der Waals surface area contributed by atoms with Gasteiger partial charge >= 0.3 is 15.1 Å². The van der Waals surface area contributed by atoms with Crippen LogP contribution < -0.4 is 0 Å². The van der Waals surface area contributed by atoms with Gasteiger partial charge in [0.05, 0.1) is 0 Å². The Hall–Kier alpha value is 0.412. The monoisotopic (exact) mass is 613 g/mol. The van der Waals surface area contributed by atoms with Crippen LogP contribution >= 0.6 is 0 Å². The zero-order valence-electron chi connectivity index (χ0n) is 28.9. The minimum absolute atomic E-state index is 0.0227. The van der Waals surface area contributed by atoms with Gasteiger partial charge in [0, 0.05) is 16.8 Å². The number of hydrogen-bond acceptors (Lipinski definition) is 3. The van der Waals surface area contributed by atoms with Gasteiger partial charge in [-0.05, 0) is 132 Å². The molecule has 6 saturated carbocycles.